The van der Waals surface area contributed by atoms with E-state index in [1.165, 1.54) is 6.07 Å². The fourth-order valence-corrected chi connectivity index (χ4v) is 1.40. The van der Waals surface area contributed by atoms with Gasteiger partial charge in [-0.2, -0.15) is 0 Å². The normalized spacial score (nSPS) is 10.1. The summed E-state index contributed by atoms with van der Waals surface area (Å²) in [6.45, 7) is 5.39. The van der Waals surface area contributed by atoms with Gasteiger partial charge < -0.3 is 10.0 Å². The molecule has 0 atom stereocenters. The van der Waals surface area contributed by atoms with Crippen LogP contribution in [0.2, 0.25) is 5.28 Å². The van der Waals surface area contributed by atoms with E-state index in [4.69, 9.17) is 16.7 Å². The van der Waals surface area contributed by atoms with E-state index in [0.717, 1.165) is 13.1 Å². The quantitative estimate of drug-likeness (QED) is 0.796. The van der Waals surface area contributed by atoms with Crippen LogP contribution in [0.15, 0.2) is 6.07 Å². The number of carbonyl (C=O) groups is 1. The lowest BCUT2D eigenvalue weighted by Gasteiger charge is -2.19. The highest BCUT2D eigenvalue weighted by Gasteiger charge is 2.12. The molecule has 82 valence electrons. The monoisotopic (exact) mass is 229 g/mol. The number of rotatable bonds is 4. The van der Waals surface area contributed by atoms with Crippen LogP contribution in [0.3, 0.4) is 0 Å². The first-order valence-corrected chi connectivity index (χ1v) is 4.99. The summed E-state index contributed by atoms with van der Waals surface area (Å²) >= 11 is 5.64. The summed E-state index contributed by atoms with van der Waals surface area (Å²) in [4.78, 5) is 20.2. The number of anilines is 1. The average molecular weight is 230 g/mol. The van der Waals surface area contributed by atoms with Gasteiger partial charge in [-0.1, -0.05) is 0 Å². The molecule has 0 spiro atoms. The van der Waals surface area contributed by atoms with Gasteiger partial charge in [0.25, 0.3) is 0 Å². The van der Waals surface area contributed by atoms with Crippen LogP contribution in [0, 0.1) is 0 Å². The van der Waals surface area contributed by atoms with Gasteiger partial charge in [-0.15, -0.1) is 0 Å². The second-order valence-corrected chi connectivity index (χ2v) is 3.20. The Hall–Kier alpha value is -1.36. The van der Waals surface area contributed by atoms with Crippen LogP contribution in [-0.2, 0) is 0 Å². The van der Waals surface area contributed by atoms with Crippen molar-refractivity contribution >= 4 is 23.4 Å². The molecule has 1 heterocycles. The Morgan fingerprint density at radius 2 is 2.07 bits per heavy atom. The molecule has 0 saturated heterocycles. The summed E-state index contributed by atoms with van der Waals surface area (Å²) in [6.07, 6.45) is 0. The molecule has 0 aromatic carbocycles. The lowest BCUT2D eigenvalue weighted by molar-refractivity contribution is 0.0690. The molecule has 0 aliphatic rings. The van der Waals surface area contributed by atoms with E-state index in [9.17, 15) is 4.79 Å². The molecule has 0 fully saturated rings. The van der Waals surface area contributed by atoms with Crippen molar-refractivity contribution < 1.29 is 9.90 Å². The van der Waals surface area contributed by atoms with E-state index < -0.39 is 5.97 Å². The fourth-order valence-electron chi connectivity index (χ4n) is 1.22. The second-order valence-electron chi connectivity index (χ2n) is 2.86. The van der Waals surface area contributed by atoms with Crippen LogP contribution >= 0.6 is 11.6 Å². The summed E-state index contributed by atoms with van der Waals surface area (Å²) in [5, 5.41) is 8.75. The van der Waals surface area contributed by atoms with Gasteiger partial charge in [-0.05, 0) is 25.4 Å². The zero-order valence-electron chi connectivity index (χ0n) is 8.57. The lowest BCUT2D eigenvalue weighted by Crippen LogP contribution is -2.23. The van der Waals surface area contributed by atoms with Crippen molar-refractivity contribution in [1.29, 1.82) is 0 Å². The summed E-state index contributed by atoms with van der Waals surface area (Å²) < 4.78 is 0. The van der Waals surface area contributed by atoms with Gasteiger partial charge in [0, 0.05) is 19.2 Å². The molecule has 0 radical (unpaired) electrons. The first kappa shape index (κ1) is 11.7. The molecule has 1 aromatic heterocycles. The van der Waals surface area contributed by atoms with Gasteiger partial charge in [-0.3, -0.25) is 0 Å². The average Bonchev–Trinajstić information content (AvgIpc) is 2.18. The number of aromatic carboxylic acids is 1. The maximum atomic E-state index is 10.7. The fraction of sp³-hybridized carbons (Fsp3) is 0.444. The lowest BCUT2D eigenvalue weighted by atomic mass is 10.3. The maximum Gasteiger partial charge on any atom is 0.354 e. The highest BCUT2D eigenvalue weighted by atomic mass is 35.5. The maximum absolute atomic E-state index is 10.7. The van der Waals surface area contributed by atoms with Crippen molar-refractivity contribution in [1.82, 2.24) is 9.97 Å². The van der Waals surface area contributed by atoms with Gasteiger partial charge in [0.05, 0.1) is 0 Å². The molecular weight excluding hydrogens is 218 g/mol. The predicted molar refractivity (Wildman–Crippen MR) is 57.6 cm³/mol. The number of hydrogen-bond acceptors (Lipinski definition) is 4. The Kier molecular flexibility index (Phi) is 3.85. The number of hydrogen-bond donors (Lipinski definition) is 1. The number of nitrogens with zero attached hydrogens (tertiary/aromatic N) is 3. The molecular formula is C9H12ClN3O2. The molecule has 15 heavy (non-hydrogen) atoms. The predicted octanol–water partition coefficient (Wildman–Crippen LogP) is 1.67. The first-order chi connectivity index (χ1) is 7.08. The molecule has 0 unspecified atom stereocenters. The van der Waals surface area contributed by atoms with Crippen LogP contribution in [0.1, 0.15) is 24.3 Å². The third-order valence-corrected chi connectivity index (χ3v) is 2.16. The van der Waals surface area contributed by atoms with E-state index in [2.05, 4.69) is 9.97 Å². The number of aromatic nitrogens is 2. The molecule has 0 aliphatic heterocycles. The van der Waals surface area contributed by atoms with E-state index >= 15 is 0 Å². The molecule has 0 aliphatic carbocycles. The summed E-state index contributed by atoms with van der Waals surface area (Å²) in [6, 6.07) is 1.42. The molecule has 0 bridgehead atoms. The van der Waals surface area contributed by atoms with Crippen LogP contribution in [0.25, 0.3) is 0 Å². The van der Waals surface area contributed by atoms with Crippen molar-refractivity contribution in [2.45, 2.75) is 13.8 Å². The highest BCUT2D eigenvalue weighted by molar-refractivity contribution is 6.28. The molecule has 1 aromatic rings. The van der Waals surface area contributed by atoms with Crippen molar-refractivity contribution in [2.75, 3.05) is 18.0 Å². The van der Waals surface area contributed by atoms with E-state index in [0.29, 0.717) is 5.82 Å². The number of carboxylic acid groups (broad SMARTS) is 1. The number of halogens is 1. The Morgan fingerprint density at radius 1 is 1.47 bits per heavy atom. The van der Waals surface area contributed by atoms with Crippen LogP contribution in [0.5, 0.6) is 0 Å². The molecule has 0 amide bonds. The first-order valence-electron chi connectivity index (χ1n) is 4.61. The Labute approximate surface area is 92.7 Å². The molecule has 0 saturated carbocycles. The Bertz CT molecular complexity index is 366. The zero-order valence-corrected chi connectivity index (χ0v) is 9.32. The summed E-state index contributed by atoms with van der Waals surface area (Å²) in [7, 11) is 0. The van der Waals surface area contributed by atoms with Crippen molar-refractivity contribution in [3.8, 4) is 0 Å². The van der Waals surface area contributed by atoms with Gasteiger partial charge in [0.1, 0.15) is 5.82 Å². The second kappa shape index (κ2) is 4.93. The van der Waals surface area contributed by atoms with Crippen molar-refractivity contribution in [3.05, 3.63) is 17.0 Å². The molecule has 1 N–H and O–H groups in total. The Morgan fingerprint density at radius 3 is 2.53 bits per heavy atom. The van der Waals surface area contributed by atoms with E-state index in [1.54, 1.807) is 0 Å². The van der Waals surface area contributed by atoms with E-state index in [-0.39, 0.29) is 11.0 Å². The van der Waals surface area contributed by atoms with Gasteiger partial charge >= 0.3 is 5.97 Å². The third kappa shape index (κ3) is 2.79. The van der Waals surface area contributed by atoms with Gasteiger partial charge in [0.2, 0.25) is 5.28 Å². The smallest absolute Gasteiger partial charge is 0.354 e. The summed E-state index contributed by atoms with van der Waals surface area (Å²) in [5.74, 6) is -0.565. The minimum Gasteiger partial charge on any atom is -0.477 e. The minimum absolute atomic E-state index is 0.0446. The van der Waals surface area contributed by atoms with Gasteiger partial charge in [-0.25, -0.2) is 14.8 Å². The Balaban J connectivity index is 3.13. The van der Waals surface area contributed by atoms with Crippen LogP contribution < -0.4 is 4.90 Å². The van der Waals surface area contributed by atoms with E-state index in [1.807, 2.05) is 18.7 Å². The standard InChI is InChI=1S/C9H12ClN3O2/c1-3-13(4-2)7-5-6(8(14)15)11-9(10)12-7/h5H,3-4H2,1-2H3,(H,14,15). The summed E-state index contributed by atoms with van der Waals surface area (Å²) in [5.41, 5.74) is -0.0862. The van der Waals surface area contributed by atoms with Crippen molar-refractivity contribution in [3.63, 3.8) is 0 Å². The van der Waals surface area contributed by atoms with Crippen LogP contribution in [0.4, 0.5) is 5.82 Å². The van der Waals surface area contributed by atoms with Crippen molar-refractivity contribution in [2.24, 2.45) is 0 Å². The van der Waals surface area contributed by atoms with Crippen LogP contribution in [-0.4, -0.2) is 34.1 Å². The molecule has 1 rings (SSSR count). The zero-order chi connectivity index (χ0) is 11.4. The number of carboxylic acids is 1. The topological polar surface area (TPSA) is 66.3 Å². The largest absolute Gasteiger partial charge is 0.477 e. The van der Waals surface area contributed by atoms with Gasteiger partial charge in [0.15, 0.2) is 5.69 Å². The SMILES string of the molecule is CCN(CC)c1cc(C(=O)O)nc(Cl)n1. The third-order valence-electron chi connectivity index (χ3n) is 1.99. The minimum atomic E-state index is -1.10. The molecule has 6 heteroatoms. The molecule has 5 nitrogen and oxygen atoms in total. The highest BCUT2D eigenvalue weighted by Crippen LogP contribution is 2.14.